The van der Waals surface area contributed by atoms with Gasteiger partial charge in [-0.2, -0.15) is 5.10 Å². The first-order valence-corrected chi connectivity index (χ1v) is 9.95. The molecule has 0 spiro atoms. The zero-order valence-electron chi connectivity index (χ0n) is 16.9. The van der Waals surface area contributed by atoms with E-state index < -0.39 is 0 Å². The first kappa shape index (κ1) is 20.9. The zero-order chi connectivity index (χ0) is 21.0. The lowest BCUT2D eigenvalue weighted by Crippen LogP contribution is -2.06. The normalized spacial score (nSPS) is 11.1. The van der Waals surface area contributed by atoms with Gasteiger partial charge in [0.2, 0.25) is 0 Å². The molecular formula is C23H23BrN2O3. The standard InChI is InChI=1S/C23H23BrN2O3/c1-15-23(24)16(2)26(25-15)14-19-13-17(6-12-22(19)29-4)5-11-21(27)18-7-9-20(28-3)10-8-18/h5-13H,14H2,1-4H3/b11-5-. The number of ether oxygens (including phenoxy) is 2. The van der Waals surface area contributed by atoms with E-state index in [9.17, 15) is 4.79 Å². The molecule has 0 unspecified atom stereocenters. The van der Waals surface area contributed by atoms with Crippen molar-refractivity contribution in [3.63, 3.8) is 0 Å². The fourth-order valence-corrected chi connectivity index (χ4v) is 3.32. The van der Waals surface area contributed by atoms with Gasteiger partial charge in [-0.1, -0.05) is 12.1 Å². The number of rotatable bonds is 7. The number of carbonyl (C=O) groups is 1. The number of nitrogens with zero attached hydrogens (tertiary/aromatic N) is 2. The molecule has 5 nitrogen and oxygen atoms in total. The van der Waals surface area contributed by atoms with Gasteiger partial charge >= 0.3 is 0 Å². The van der Waals surface area contributed by atoms with Crippen molar-refractivity contribution in [1.29, 1.82) is 0 Å². The van der Waals surface area contributed by atoms with Crippen LogP contribution in [0.5, 0.6) is 11.5 Å². The average molecular weight is 455 g/mol. The molecule has 29 heavy (non-hydrogen) atoms. The lowest BCUT2D eigenvalue weighted by Gasteiger charge is -2.11. The van der Waals surface area contributed by atoms with Crippen LogP contribution in [0.3, 0.4) is 0 Å². The Labute approximate surface area is 179 Å². The van der Waals surface area contributed by atoms with Gasteiger partial charge in [0.1, 0.15) is 11.5 Å². The molecule has 1 heterocycles. The van der Waals surface area contributed by atoms with Crippen LogP contribution in [0.2, 0.25) is 0 Å². The highest BCUT2D eigenvalue weighted by Gasteiger charge is 2.12. The molecule has 3 aromatic rings. The van der Waals surface area contributed by atoms with E-state index in [2.05, 4.69) is 21.0 Å². The minimum atomic E-state index is -0.0625. The molecule has 0 aliphatic carbocycles. The van der Waals surface area contributed by atoms with Crippen LogP contribution in [0.15, 0.2) is 53.0 Å². The Kier molecular flexibility index (Phi) is 6.54. The molecule has 0 atom stereocenters. The third-order valence-corrected chi connectivity index (χ3v) is 5.87. The number of hydrogen-bond acceptors (Lipinski definition) is 4. The highest BCUT2D eigenvalue weighted by molar-refractivity contribution is 9.10. The van der Waals surface area contributed by atoms with Crippen LogP contribution in [0.4, 0.5) is 0 Å². The lowest BCUT2D eigenvalue weighted by atomic mass is 10.1. The summed E-state index contributed by atoms with van der Waals surface area (Å²) in [5.74, 6) is 1.45. The van der Waals surface area contributed by atoms with Crippen LogP contribution in [-0.2, 0) is 6.54 Å². The molecule has 0 saturated carbocycles. The van der Waals surface area contributed by atoms with Gasteiger partial charge < -0.3 is 9.47 Å². The van der Waals surface area contributed by atoms with E-state index in [-0.39, 0.29) is 5.78 Å². The number of carbonyl (C=O) groups excluding carboxylic acids is 1. The van der Waals surface area contributed by atoms with E-state index in [1.165, 1.54) is 0 Å². The number of aromatic nitrogens is 2. The molecule has 150 valence electrons. The summed E-state index contributed by atoms with van der Waals surface area (Å²) in [6.07, 6.45) is 3.39. The molecule has 0 saturated heterocycles. The molecule has 0 N–H and O–H groups in total. The fourth-order valence-electron chi connectivity index (χ4n) is 3.04. The predicted octanol–water partition coefficient (Wildman–Crippen LogP) is 5.22. The molecule has 0 radical (unpaired) electrons. The van der Waals surface area contributed by atoms with Crippen LogP contribution in [0.1, 0.15) is 32.9 Å². The quantitative estimate of drug-likeness (QED) is 0.362. The summed E-state index contributed by atoms with van der Waals surface area (Å²) in [4.78, 5) is 12.4. The summed E-state index contributed by atoms with van der Waals surface area (Å²) >= 11 is 3.56. The Morgan fingerprint density at radius 3 is 2.41 bits per heavy atom. The molecule has 0 amide bonds. The van der Waals surface area contributed by atoms with Crippen molar-refractivity contribution in [3.8, 4) is 11.5 Å². The molecular weight excluding hydrogens is 432 g/mol. The second-order valence-corrected chi connectivity index (χ2v) is 7.43. The van der Waals surface area contributed by atoms with Gasteiger partial charge in [0, 0.05) is 11.1 Å². The van der Waals surface area contributed by atoms with Crippen molar-refractivity contribution >= 4 is 27.8 Å². The molecule has 2 aromatic carbocycles. The van der Waals surface area contributed by atoms with Crippen LogP contribution < -0.4 is 9.47 Å². The van der Waals surface area contributed by atoms with Gasteiger partial charge in [-0.05, 0) is 77.8 Å². The number of ketones is 1. The van der Waals surface area contributed by atoms with Gasteiger partial charge in [0.15, 0.2) is 5.78 Å². The first-order valence-electron chi connectivity index (χ1n) is 9.15. The van der Waals surface area contributed by atoms with Gasteiger partial charge in [0.05, 0.1) is 36.6 Å². The summed E-state index contributed by atoms with van der Waals surface area (Å²) in [6, 6.07) is 12.9. The molecule has 6 heteroatoms. The Balaban J connectivity index is 1.82. The molecule has 0 aliphatic rings. The highest BCUT2D eigenvalue weighted by atomic mass is 79.9. The van der Waals surface area contributed by atoms with Crippen LogP contribution >= 0.6 is 15.9 Å². The van der Waals surface area contributed by atoms with E-state index in [4.69, 9.17) is 9.47 Å². The van der Waals surface area contributed by atoms with Crippen LogP contribution in [0, 0.1) is 13.8 Å². The van der Waals surface area contributed by atoms with Crippen molar-refractivity contribution in [3.05, 3.63) is 81.1 Å². The molecule has 1 aromatic heterocycles. The average Bonchev–Trinajstić information content (AvgIpc) is 2.98. The van der Waals surface area contributed by atoms with E-state index in [0.29, 0.717) is 12.1 Å². The largest absolute Gasteiger partial charge is 0.497 e. The number of benzene rings is 2. The van der Waals surface area contributed by atoms with E-state index in [0.717, 1.165) is 38.5 Å². The zero-order valence-corrected chi connectivity index (χ0v) is 18.5. The fraction of sp³-hybridized carbons (Fsp3) is 0.217. The third kappa shape index (κ3) is 4.77. The minimum Gasteiger partial charge on any atom is -0.497 e. The van der Waals surface area contributed by atoms with Crippen LogP contribution in [-0.4, -0.2) is 29.8 Å². The molecule has 0 fully saturated rings. The van der Waals surface area contributed by atoms with Crippen molar-refractivity contribution in [2.24, 2.45) is 0 Å². The maximum absolute atomic E-state index is 12.4. The minimum absolute atomic E-state index is 0.0625. The number of hydrogen-bond donors (Lipinski definition) is 0. The second kappa shape index (κ2) is 9.09. The maximum atomic E-state index is 12.4. The molecule has 3 rings (SSSR count). The van der Waals surface area contributed by atoms with Crippen molar-refractivity contribution in [2.45, 2.75) is 20.4 Å². The van der Waals surface area contributed by atoms with E-state index in [1.54, 1.807) is 44.6 Å². The predicted molar refractivity (Wildman–Crippen MR) is 118 cm³/mol. The Morgan fingerprint density at radius 1 is 1.10 bits per heavy atom. The number of halogens is 1. The van der Waals surface area contributed by atoms with Gasteiger partial charge in [-0.3, -0.25) is 9.48 Å². The van der Waals surface area contributed by atoms with Crippen LogP contribution in [0.25, 0.3) is 6.08 Å². The van der Waals surface area contributed by atoms with Crippen molar-refractivity contribution in [2.75, 3.05) is 14.2 Å². The van der Waals surface area contributed by atoms with Crippen molar-refractivity contribution < 1.29 is 14.3 Å². The summed E-state index contributed by atoms with van der Waals surface area (Å²) in [5, 5.41) is 4.57. The summed E-state index contributed by atoms with van der Waals surface area (Å²) in [6.45, 7) is 4.57. The summed E-state index contributed by atoms with van der Waals surface area (Å²) < 4.78 is 13.6. The van der Waals surface area contributed by atoms with Crippen molar-refractivity contribution in [1.82, 2.24) is 9.78 Å². The lowest BCUT2D eigenvalue weighted by molar-refractivity contribution is 0.104. The monoisotopic (exact) mass is 454 g/mol. The number of aryl methyl sites for hydroxylation is 1. The second-order valence-electron chi connectivity index (χ2n) is 6.64. The Hall–Kier alpha value is -2.86. The summed E-state index contributed by atoms with van der Waals surface area (Å²) in [7, 11) is 3.25. The molecule has 0 bridgehead atoms. The topological polar surface area (TPSA) is 53.4 Å². The smallest absolute Gasteiger partial charge is 0.185 e. The SMILES string of the molecule is COc1ccc(C(=O)/C=C\c2ccc(OC)c(Cn3nc(C)c(Br)c3C)c2)cc1. The number of allylic oxidation sites excluding steroid dienone is 1. The van der Waals surface area contributed by atoms with Gasteiger partial charge in [0.25, 0.3) is 0 Å². The maximum Gasteiger partial charge on any atom is 0.185 e. The van der Waals surface area contributed by atoms with E-state index >= 15 is 0 Å². The number of methoxy groups -OCH3 is 2. The Bertz CT molecular complexity index is 1050. The van der Waals surface area contributed by atoms with Gasteiger partial charge in [-0.25, -0.2) is 0 Å². The third-order valence-electron chi connectivity index (χ3n) is 4.72. The highest BCUT2D eigenvalue weighted by Crippen LogP contribution is 2.25. The molecule has 0 aliphatic heterocycles. The van der Waals surface area contributed by atoms with E-state index in [1.807, 2.05) is 42.8 Å². The first-order chi connectivity index (χ1) is 13.9. The van der Waals surface area contributed by atoms with Gasteiger partial charge in [-0.15, -0.1) is 0 Å². The summed E-state index contributed by atoms with van der Waals surface area (Å²) in [5.41, 5.74) is 4.53. The Morgan fingerprint density at radius 2 is 1.83 bits per heavy atom.